The van der Waals surface area contributed by atoms with Gasteiger partial charge in [-0.25, -0.2) is 13.1 Å². The predicted molar refractivity (Wildman–Crippen MR) is 98.8 cm³/mol. The van der Waals surface area contributed by atoms with Crippen LogP contribution < -0.4 is 4.72 Å². The van der Waals surface area contributed by atoms with Crippen molar-refractivity contribution >= 4 is 15.9 Å². The maximum atomic E-state index is 13.2. The average molecular weight is 384 g/mol. The van der Waals surface area contributed by atoms with Crippen LogP contribution in [0.1, 0.15) is 53.8 Å². The van der Waals surface area contributed by atoms with E-state index < -0.39 is 10.0 Å². The molecular weight excluding hydrogens is 354 g/mol. The monoisotopic (exact) mass is 383 g/mol. The molecule has 26 heavy (non-hydrogen) atoms. The lowest BCUT2D eigenvalue weighted by atomic mass is 9.96. The van der Waals surface area contributed by atoms with Gasteiger partial charge in [0.1, 0.15) is 4.90 Å². The van der Waals surface area contributed by atoms with Crippen LogP contribution >= 0.6 is 0 Å². The lowest BCUT2D eigenvalue weighted by molar-refractivity contribution is 0.0300. The molecule has 0 aromatic carbocycles. The summed E-state index contributed by atoms with van der Waals surface area (Å²) >= 11 is 0. The van der Waals surface area contributed by atoms with Crippen LogP contribution in [0.15, 0.2) is 4.90 Å². The van der Waals surface area contributed by atoms with Crippen molar-refractivity contribution in [2.24, 2.45) is 7.05 Å². The normalized spacial score (nSPS) is 19.7. The van der Waals surface area contributed by atoms with Crippen LogP contribution in [-0.2, 0) is 21.8 Å². The molecular formula is C18H29N3O4S. The van der Waals surface area contributed by atoms with Crippen molar-refractivity contribution < 1.29 is 17.9 Å². The van der Waals surface area contributed by atoms with Crippen molar-refractivity contribution in [1.29, 1.82) is 0 Å². The fourth-order valence-electron chi connectivity index (χ4n) is 3.92. The second-order valence-corrected chi connectivity index (χ2v) is 8.95. The molecule has 0 atom stereocenters. The molecule has 7 nitrogen and oxygen atoms in total. The topological polar surface area (TPSA) is 80.6 Å². The second kappa shape index (κ2) is 7.70. The fourth-order valence-corrected chi connectivity index (χ4v) is 5.74. The van der Waals surface area contributed by atoms with Gasteiger partial charge in [-0.05, 0) is 26.7 Å². The molecule has 0 spiro atoms. The highest BCUT2D eigenvalue weighted by molar-refractivity contribution is 7.89. The van der Waals surface area contributed by atoms with E-state index in [0.717, 1.165) is 32.1 Å². The number of hydrogen-bond acceptors (Lipinski definition) is 4. The van der Waals surface area contributed by atoms with Crippen molar-refractivity contribution in [2.45, 2.75) is 56.9 Å². The van der Waals surface area contributed by atoms with E-state index in [1.807, 2.05) is 0 Å². The summed E-state index contributed by atoms with van der Waals surface area (Å²) in [6.45, 7) is 5.51. The SMILES string of the molecule is Cc1c(C(=O)N2CCOCC2)c(S(=O)(=O)NC2CCCCC2)c(C)n1C. The van der Waals surface area contributed by atoms with Crippen molar-refractivity contribution in [1.82, 2.24) is 14.2 Å². The van der Waals surface area contributed by atoms with Crippen molar-refractivity contribution in [3.63, 3.8) is 0 Å². The van der Waals surface area contributed by atoms with Crippen LogP contribution in [0.5, 0.6) is 0 Å². The minimum Gasteiger partial charge on any atom is -0.378 e. The summed E-state index contributed by atoms with van der Waals surface area (Å²) in [5.74, 6) is -0.224. The molecule has 3 rings (SSSR count). The van der Waals surface area contributed by atoms with Gasteiger partial charge < -0.3 is 14.2 Å². The Labute approximate surface area is 155 Å². The highest BCUT2D eigenvalue weighted by atomic mass is 32.2. The molecule has 2 heterocycles. The van der Waals surface area contributed by atoms with Crippen LogP contribution in [0.3, 0.4) is 0 Å². The van der Waals surface area contributed by atoms with Crippen LogP contribution in [0.4, 0.5) is 0 Å². The van der Waals surface area contributed by atoms with Gasteiger partial charge in [0.2, 0.25) is 10.0 Å². The molecule has 1 aromatic heterocycles. The van der Waals surface area contributed by atoms with E-state index in [9.17, 15) is 13.2 Å². The van der Waals surface area contributed by atoms with E-state index in [-0.39, 0.29) is 16.8 Å². The van der Waals surface area contributed by atoms with Gasteiger partial charge in [-0.1, -0.05) is 19.3 Å². The van der Waals surface area contributed by atoms with E-state index in [4.69, 9.17) is 4.74 Å². The molecule has 1 N–H and O–H groups in total. The zero-order valence-electron chi connectivity index (χ0n) is 15.9. The molecule has 1 aliphatic carbocycles. The van der Waals surface area contributed by atoms with Gasteiger partial charge >= 0.3 is 0 Å². The summed E-state index contributed by atoms with van der Waals surface area (Å²) in [6.07, 6.45) is 4.95. The number of rotatable bonds is 4. The third kappa shape index (κ3) is 3.68. The molecule has 1 aromatic rings. The summed E-state index contributed by atoms with van der Waals surface area (Å²) in [5, 5.41) is 0. The zero-order chi connectivity index (χ0) is 18.9. The number of morpholine rings is 1. The Balaban J connectivity index is 1.97. The van der Waals surface area contributed by atoms with Crippen LogP contribution in [0.25, 0.3) is 0 Å². The Morgan fingerprint density at radius 3 is 2.31 bits per heavy atom. The number of carbonyl (C=O) groups excluding carboxylic acids is 1. The first kappa shape index (κ1) is 19.4. The lowest BCUT2D eigenvalue weighted by Gasteiger charge is -2.27. The number of nitrogens with zero attached hydrogens (tertiary/aromatic N) is 2. The molecule has 0 radical (unpaired) electrons. The number of hydrogen-bond donors (Lipinski definition) is 1. The minimum absolute atomic E-state index is 0.0417. The van der Waals surface area contributed by atoms with Crippen LogP contribution in [-0.4, -0.2) is 56.1 Å². The molecule has 1 aliphatic heterocycles. The largest absolute Gasteiger partial charge is 0.378 e. The first-order valence-corrected chi connectivity index (χ1v) is 10.9. The third-order valence-electron chi connectivity index (χ3n) is 5.63. The molecule has 2 fully saturated rings. The Bertz CT molecular complexity index is 773. The van der Waals surface area contributed by atoms with Crippen LogP contribution in [0.2, 0.25) is 0 Å². The highest BCUT2D eigenvalue weighted by Crippen LogP contribution is 2.29. The number of nitrogens with one attached hydrogen (secondary N) is 1. The standard InChI is InChI=1S/C18H29N3O4S/c1-13-16(18(22)21-9-11-25-12-10-21)17(14(2)20(13)3)26(23,24)19-15-7-5-4-6-8-15/h15,19H,4-12H2,1-3H3. The summed E-state index contributed by atoms with van der Waals surface area (Å²) in [5.41, 5.74) is 1.58. The molecule has 8 heteroatoms. The number of amides is 1. The zero-order valence-corrected chi connectivity index (χ0v) is 16.7. The molecule has 0 unspecified atom stereocenters. The number of aromatic nitrogens is 1. The fraction of sp³-hybridized carbons (Fsp3) is 0.722. The first-order chi connectivity index (χ1) is 12.3. The summed E-state index contributed by atoms with van der Waals surface area (Å²) < 4.78 is 36.3. The maximum Gasteiger partial charge on any atom is 0.257 e. The molecule has 1 amide bonds. The quantitative estimate of drug-likeness (QED) is 0.859. The van der Waals surface area contributed by atoms with Crippen molar-refractivity contribution in [2.75, 3.05) is 26.3 Å². The van der Waals surface area contributed by atoms with Gasteiger partial charge in [0.25, 0.3) is 5.91 Å². The Morgan fingerprint density at radius 1 is 1.08 bits per heavy atom. The predicted octanol–water partition coefficient (Wildman–Crippen LogP) is 1.73. The summed E-state index contributed by atoms with van der Waals surface area (Å²) in [4.78, 5) is 14.9. The van der Waals surface area contributed by atoms with E-state index >= 15 is 0 Å². The van der Waals surface area contributed by atoms with Gasteiger partial charge in [-0.3, -0.25) is 4.79 Å². The van der Waals surface area contributed by atoms with E-state index in [1.54, 1.807) is 30.4 Å². The number of ether oxygens (including phenoxy) is 1. The average Bonchev–Trinajstić information content (AvgIpc) is 2.87. The summed E-state index contributed by atoms with van der Waals surface area (Å²) in [7, 11) is -1.95. The Morgan fingerprint density at radius 2 is 1.69 bits per heavy atom. The summed E-state index contributed by atoms with van der Waals surface area (Å²) in [6, 6.07) is -0.0417. The molecule has 0 bridgehead atoms. The minimum atomic E-state index is -3.76. The Kier molecular flexibility index (Phi) is 5.74. The Hall–Kier alpha value is -1.38. The molecule has 2 aliphatic rings. The number of sulfonamides is 1. The van der Waals surface area contributed by atoms with Crippen LogP contribution in [0, 0.1) is 13.8 Å². The molecule has 1 saturated heterocycles. The van der Waals surface area contributed by atoms with E-state index in [2.05, 4.69) is 4.72 Å². The van der Waals surface area contributed by atoms with E-state index in [1.165, 1.54) is 0 Å². The smallest absolute Gasteiger partial charge is 0.257 e. The molecule has 146 valence electrons. The second-order valence-electron chi connectivity index (χ2n) is 7.29. The van der Waals surface area contributed by atoms with Gasteiger partial charge in [-0.2, -0.15) is 0 Å². The number of carbonyl (C=O) groups is 1. The van der Waals surface area contributed by atoms with Crippen molar-refractivity contribution in [3.8, 4) is 0 Å². The molecule has 1 saturated carbocycles. The highest BCUT2D eigenvalue weighted by Gasteiger charge is 2.34. The van der Waals surface area contributed by atoms with Gasteiger partial charge in [-0.15, -0.1) is 0 Å². The van der Waals surface area contributed by atoms with E-state index in [0.29, 0.717) is 43.3 Å². The third-order valence-corrected chi connectivity index (χ3v) is 7.31. The van der Waals surface area contributed by atoms with Gasteiger partial charge in [0, 0.05) is 37.6 Å². The van der Waals surface area contributed by atoms with Crippen molar-refractivity contribution in [3.05, 3.63) is 17.0 Å². The lowest BCUT2D eigenvalue weighted by Crippen LogP contribution is -2.42. The maximum absolute atomic E-state index is 13.2. The van der Waals surface area contributed by atoms with Gasteiger partial charge in [0.15, 0.2) is 0 Å². The first-order valence-electron chi connectivity index (χ1n) is 9.38. The van der Waals surface area contributed by atoms with Gasteiger partial charge in [0.05, 0.1) is 18.8 Å².